The van der Waals surface area contributed by atoms with Crippen LogP contribution < -0.4 is 30.0 Å². The van der Waals surface area contributed by atoms with Crippen LogP contribution in [-0.2, 0) is 46.9 Å². The predicted molar refractivity (Wildman–Crippen MR) is 212 cm³/mol. The van der Waals surface area contributed by atoms with Crippen LogP contribution in [0.4, 0.5) is 0 Å². The van der Waals surface area contributed by atoms with Crippen molar-refractivity contribution in [1.82, 2.24) is 0 Å². The third kappa shape index (κ3) is 8.63. The zero-order chi connectivity index (χ0) is 35.6. The summed E-state index contributed by atoms with van der Waals surface area (Å²) < 4.78 is 2.21. The maximum Gasteiger partial charge on any atom is 0.00873 e. The number of hydrogen-bond donors (Lipinski definition) is 0. The first kappa shape index (κ1) is 42.5. The van der Waals surface area contributed by atoms with Gasteiger partial charge in [0.1, 0.15) is 0 Å². The SMILES string of the molecule is CC(C)(C)c1ccc([CH]=[Zr+2])cc1.CC1=[C-]C(C)(C)c2cc3c(cc21)-c1cc2c(cc1C3)C(C)(C)C=C2C.Cc1cc([Si](C)(C)C)c(C)[cH-]1.[Cl-].[Cl-]. The molecular formula is C46H56Cl2SiZr-2. The van der Waals surface area contributed by atoms with Crippen LogP contribution >= 0.6 is 0 Å². The van der Waals surface area contributed by atoms with E-state index in [2.05, 4.69) is 172 Å². The Morgan fingerprint density at radius 2 is 1.30 bits per heavy atom. The third-order valence-electron chi connectivity index (χ3n) is 10.4. The molecule has 7 rings (SSSR count). The topological polar surface area (TPSA) is 0 Å². The quantitative estimate of drug-likeness (QED) is 0.159. The molecule has 0 bridgehead atoms. The summed E-state index contributed by atoms with van der Waals surface area (Å²) >= 11 is 1.46. The minimum Gasteiger partial charge on any atom is -1.00 e. The van der Waals surface area contributed by atoms with Gasteiger partial charge in [0.25, 0.3) is 0 Å². The molecule has 4 aromatic rings. The second-order valence-corrected chi connectivity index (χ2v) is 23.4. The van der Waals surface area contributed by atoms with Crippen LogP contribution in [0.5, 0.6) is 0 Å². The van der Waals surface area contributed by atoms with Gasteiger partial charge in [-0.3, -0.25) is 6.08 Å². The molecule has 0 unspecified atom stereocenters. The summed E-state index contributed by atoms with van der Waals surface area (Å²) in [4.78, 5) is 0. The summed E-state index contributed by atoms with van der Waals surface area (Å²) in [6.07, 6.45) is 7.13. The van der Waals surface area contributed by atoms with Crippen LogP contribution in [0.2, 0.25) is 19.6 Å². The zero-order valence-electron chi connectivity index (χ0n) is 32.9. The summed E-state index contributed by atoms with van der Waals surface area (Å²) in [5.41, 5.74) is 20.5. The van der Waals surface area contributed by atoms with E-state index in [0.29, 0.717) is 0 Å². The molecule has 0 heterocycles. The van der Waals surface area contributed by atoms with E-state index in [-0.39, 0.29) is 41.1 Å². The molecule has 0 saturated heterocycles. The Balaban J connectivity index is 0.000000229. The number of allylic oxidation sites excluding steroid dienone is 4. The molecule has 0 fully saturated rings. The fourth-order valence-electron chi connectivity index (χ4n) is 7.96. The first-order valence-electron chi connectivity index (χ1n) is 17.6. The molecule has 0 saturated carbocycles. The molecular weight excluding hydrogens is 743 g/mol. The van der Waals surface area contributed by atoms with Crippen molar-refractivity contribution in [2.24, 2.45) is 0 Å². The molecule has 50 heavy (non-hydrogen) atoms. The minimum absolute atomic E-state index is 0. The fourth-order valence-corrected chi connectivity index (χ4v) is 10.4. The Bertz CT molecular complexity index is 1870. The normalized spacial score (nSPS) is 15.7. The summed E-state index contributed by atoms with van der Waals surface area (Å²) in [6, 6.07) is 23.3. The van der Waals surface area contributed by atoms with Crippen molar-refractivity contribution in [2.75, 3.05) is 0 Å². The molecule has 0 aliphatic heterocycles. The standard InChI is InChI=1S/C25H25.C11H14.C10H17Si.2ClH.Zr/c1-14-12-24(3,4)22-8-16-7-17-9-23-19(15(2)13-25(23,5)6)11-21(17)20(16)10-18(14)22;1-9-5-7-10(8-6-9)11(2,3)4;1-8-6-9(2)10(7-8)11(3,4)5;;;/h8-12H,7H2,1-6H3;1,5-8H,2-4H3;6-7H,1-5H3;2*1H;/q-1;;-1;;;+2/p-2. The molecule has 0 amide bonds. The second-order valence-electron chi connectivity index (χ2n) is 17.6. The van der Waals surface area contributed by atoms with Crippen molar-refractivity contribution >= 4 is 28.1 Å². The van der Waals surface area contributed by atoms with E-state index in [1.807, 2.05) is 0 Å². The third-order valence-corrected chi connectivity index (χ3v) is 13.4. The maximum atomic E-state index is 3.65. The van der Waals surface area contributed by atoms with Crippen molar-refractivity contribution < 1.29 is 49.0 Å². The van der Waals surface area contributed by atoms with Gasteiger partial charge < -0.3 is 24.8 Å². The largest absolute Gasteiger partial charge is 1.00 e. The van der Waals surface area contributed by atoms with E-state index in [4.69, 9.17) is 0 Å². The van der Waals surface area contributed by atoms with Gasteiger partial charge in [0.05, 0.1) is 0 Å². The van der Waals surface area contributed by atoms with Crippen molar-refractivity contribution in [2.45, 2.75) is 118 Å². The number of rotatable bonds is 2. The van der Waals surface area contributed by atoms with E-state index < -0.39 is 8.07 Å². The number of aryl methyl sites for hydroxylation is 2. The van der Waals surface area contributed by atoms with Crippen LogP contribution in [-0.4, -0.2) is 11.8 Å². The van der Waals surface area contributed by atoms with Crippen molar-refractivity contribution in [3.8, 4) is 11.1 Å². The van der Waals surface area contributed by atoms with E-state index in [9.17, 15) is 0 Å². The van der Waals surface area contributed by atoms with E-state index in [1.165, 1.54) is 102 Å². The van der Waals surface area contributed by atoms with Gasteiger partial charge in [0, 0.05) is 13.5 Å². The first-order chi connectivity index (χ1) is 22.1. The monoisotopic (exact) mass is 796 g/mol. The Morgan fingerprint density at radius 3 is 1.76 bits per heavy atom. The molecule has 0 radical (unpaired) electrons. The molecule has 264 valence electrons. The summed E-state index contributed by atoms with van der Waals surface area (Å²) in [7, 11) is -1.06. The van der Waals surface area contributed by atoms with Gasteiger partial charge in [-0.05, 0) is 58.4 Å². The molecule has 0 nitrogen and oxygen atoms in total. The average Bonchev–Trinajstić information content (AvgIpc) is 3.65. The molecule has 4 aromatic carbocycles. The molecule has 0 aromatic heterocycles. The minimum atomic E-state index is -1.06. The maximum absolute atomic E-state index is 3.65. The first-order valence-corrected chi connectivity index (χ1v) is 22.6. The Labute approximate surface area is 332 Å². The van der Waals surface area contributed by atoms with Gasteiger partial charge in [-0.25, -0.2) is 11.6 Å². The Kier molecular flexibility index (Phi) is 12.9. The van der Waals surface area contributed by atoms with E-state index in [0.717, 1.165) is 6.42 Å². The number of fused-ring (bicyclic) bond motifs is 5. The molecule has 4 heteroatoms. The molecule has 3 aliphatic rings. The smallest absolute Gasteiger partial charge is 0.00873 e. The fraction of sp³-hybridized carbons (Fsp3) is 0.391. The zero-order valence-corrected chi connectivity index (χ0v) is 37.9. The number of hydrogen-bond acceptors (Lipinski definition) is 0. The second kappa shape index (κ2) is 15.2. The van der Waals surface area contributed by atoms with Gasteiger partial charge in [-0.1, -0.05) is 91.7 Å². The van der Waals surface area contributed by atoms with Crippen molar-refractivity contribution in [3.05, 3.63) is 128 Å². The molecule has 0 spiro atoms. The average molecular weight is 799 g/mol. The molecule has 0 N–H and O–H groups in total. The van der Waals surface area contributed by atoms with Crippen molar-refractivity contribution in [1.29, 1.82) is 0 Å². The van der Waals surface area contributed by atoms with Gasteiger partial charge >= 0.3 is 89.5 Å². The van der Waals surface area contributed by atoms with Gasteiger partial charge in [0.15, 0.2) is 0 Å². The molecule has 3 aliphatic carbocycles. The van der Waals surface area contributed by atoms with Gasteiger partial charge in [-0.2, -0.15) is 27.9 Å². The van der Waals surface area contributed by atoms with Crippen LogP contribution in [0.3, 0.4) is 0 Å². The summed E-state index contributed by atoms with van der Waals surface area (Å²) in [6.45, 7) is 32.0. The van der Waals surface area contributed by atoms with E-state index in [1.54, 1.807) is 5.19 Å². The Morgan fingerprint density at radius 1 is 0.760 bits per heavy atom. The number of benzene rings is 3. The Hall–Kier alpha value is -1.96. The molecule has 0 atom stereocenters. The van der Waals surface area contributed by atoms with Crippen LogP contribution in [0.25, 0.3) is 22.3 Å². The summed E-state index contributed by atoms with van der Waals surface area (Å²) in [5, 5.41) is 1.62. The van der Waals surface area contributed by atoms with Gasteiger partial charge in [-0.15, -0.1) is 11.6 Å². The van der Waals surface area contributed by atoms with Crippen LogP contribution in [0, 0.1) is 19.9 Å². The van der Waals surface area contributed by atoms with Gasteiger partial charge in [0.2, 0.25) is 0 Å². The van der Waals surface area contributed by atoms with E-state index >= 15 is 0 Å². The predicted octanol–water partition coefficient (Wildman–Crippen LogP) is 5.71. The number of halogens is 2. The van der Waals surface area contributed by atoms with Crippen LogP contribution in [0.15, 0.2) is 66.7 Å². The van der Waals surface area contributed by atoms with Crippen LogP contribution in [0.1, 0.15) is 118 Å². The summed E-state index contributed by atoms with van der Waals surface area (Å²) in [5.74, 6) is 0. The van der Waals surface area contributed by atoms with Crippen molar-refractivity contribution in [3.63, 3.8) is 0 Å².